The highest BCUT2D eigenvalue weighted by Crippen LogP contribution is 2.43. The number of piperidine rings is 1. The summed E-state index contributed by atoms with van der Waals surface area (Å²) in [5, 5.41) is 10.5. The zero-order valence-corrected chi connectivity index (χ0v) is 14.6. The Morgan fingerprint density at radius 1 is 1.33 bits per heavy atom. The van der Waals surface area contributed by atoms with Gasteiger partial charge in [-0.2, -0.15) is 0 Å². The summed E-state index contributed by atoms with van der Waals surface area (Å²) in [6.45, 7) is 4.09. The first-order valence-electron chi connectivity index (χ1n) is 8.99. The first-order valence-corrected chi connectivity index (χ1v) is 8.99. The van der Waals surface area contributed by atoms with Crippen LogP contribution in [0.15, 0.2) is 12.1 Å². The lowest BCUT2D eigenvalue weighted by molar-refractivity contribution is -0.0161. The maximum absolute atomic E-state index is 12.5. The molecule has 2 heterocycles. The van der Waals surface area contributed by atoms with Gasteiger partial charge >= 0.3 is 0 Å². The summed E-state index contributed by atoms with van der Waals surface area (Å²) in [4.78, 5) is 2.44. The number of aliphatic hydroxyl groups excluding tert-OH is 1. The molecule has 134 valence electrons. The minimum Gasteiger partial charge on any atom is -0.493 e. The van der Waals surface area contributed by atoms with Crippen LogP contribution in [0.3, 0.4) is 0 Å². The van der Waals surface area contributed by atoms with Crippen LogP contribution in [0.25, 0.3) is 0 Å². The molecule has 0 aromatic heterocycles. The number of hydrogen-bond acceptors (Lipinski definition) is 4. The van der Waals surface area contributed by atoms with Crippen molar-refractivity contribution < 1.29 is 19.0 Å². The zero-order chi connectivity index (χ0) is 17.1. The summed E-state index contributed by atoms with van der Waals surface area (Å²) in [5.41, 5.74) is 2.53. The van der Waals surface area contributed by atoms with Crippen LogP contribution in [0.4, 0.5) is 4.39 Å². The van der Waals surface area contributed by atoms with Crippen LogP contribution in [0, 0.1) is 5.92 Å². The molecule has 1 saturated heterocycles. The van der Waals surface area contributed by atoms with Gasteiger partial charge in [0.15, 0.2) is 11.5 Å². The number of halogens is 1. The molecule has 0 unspecified atom stereocenters. The number of benzene rings is 1. The number of fused-ring (bicyclic) bond motifs is 3. The number of hydrogen-bond donors (Lipinski definition) is 1. The molecule has 3 rings (SSSR count). The van der Waals surface area contributed by atoms with Gasteiger partial charge in [-0.05, 0) is 61.8 Å². The van der Waals surface area contributed by atoms with Crippen LogP contribution in [0.5, 0.6) is 11.5 Å². The molecule has 0 bridgehead atoms. The molecule has 1 fully saturated rings. The Hall–Kier alpha value is -1.33. The van der Waals surface area contributed by atoms with Gasteiger partial charge in [0.1, 0.15) is 0 Å². The van der Waals surface area contributed by atoms with E-state index in [1.54, 1.807) is 7.11 Å². The average Bonchev–Trinajstić information content (AvgIpc) is 2.59. The molecule has 3 atom stereocenters. The second-order valence-electron chi connectivity index (χ2n) is 6.79. The number of ether oxygens (including phenoxy) is 2. The third-order valence-corrected chi connectivity index (χ3v) is 5.38. The number of alkyl halides is 1. The van der Waals surface area contributed by atoms with E-state index in [-0.39, 0.29) is 24.7 Å². The maximum Gasteiger partial charge on any atom is 0.161 e. The molecule has 2 aliphatic rings. The first kappa shape index (κ1) is 17.5. The third-order valence-electron chi connectivity index (χ3n) is 5.38. The van der Waals surface area contributed by atoms with Crippen molar-refractivity contribution in [1.29, 1.82) is 0 Å². The second kappa shape index (κ2) is 7.70. The van der Waals surface area contributed by atoms with Crippen molar-refractivity contribution in [2.75, 3.05) is 33.5 Å². The molecule has 0 radical (unpaired) electrons. The molecule has 0 spiro atoms. The number of methoxy groups -OCH3 is 1. The highest BCUT2D eigenvalue weighted by molar-refractivity contribution is 5.49. The molecule has 0 aliphatic carbocycles. The third kappa shape index (κ3) is 3.38. The molecule has 1 N–H and O–H groups in total. The molecule has 2 aliphatic heterocycles. The van der Waals surface area contributed by atoms with Crippen molar-refractivity contribution in [3.05, 3.63) is 23.3 Å². The van der Waals surface area contributed by atoms with E-state index < -0.39 is 0 Å². The van der Waals surface area contributed by atoms with Crippen LogP contribution < -0.4 is 9.47 Å². The van der Waals surface area contributed by atoms with E-state index in [1.807, 2.05) is 6.92 Å². The van der Waals surface area contributed by atoms with Gasteiger partial charge in [-0.15, -0.1) is 0 Å². The Morgan fingerprint density at radius 3 is 2.88 bits per heavy atom. The van der Waals surface area contributed by atoms with E-state index >= 15 is 0 Å². The molecule has 0 saturated carbocycles. The Kier molecular flexibility index (Phi) is 5.61. The Balaban J connectivity index is 1.84. The standard InChI is InChI=1S/C19H28FNO3/c1-3-24-19-10-15-13(9-18(19)23-2)6-8-21-12-14(5-4-7-20)17(22)11-16(15)21/h9-10,14,16-17,22H,3-8,11-12H2,1-2H3/t14-,16-,17-/m1/s1/i20+0. The van der Waals surface area contributed by atoms with Gasteiger partial charge in [0, 0.05) is 19.1 Å². The summed E-state index contributed by atoms with van der Waals surface area (Å²) in [6.07, 6.45) is 2.63. The van der Waals surface area contributed by atoms with Crippen molar-refractivity contribution in [3.63, 3.8) is 0 Å². The largest absolute Gasteiger partial charge is 0.493 e. The Labute approximate surface area is 143 Å². The maximum atomic E-state index is 12.5. The molecular weight excluding hydrogens is 309 g/mol. The highest BCUT2D eigenvalue weighted by atomic mass is 19.1. The quantitative estimate of drug-likeness (QED) is 0.866. The fraction of sp³-hybridized carbons (Fsp3) is 0.684. The fourth-order valence-corrected chi connectivity index (χ4v) is 4.15. The van der Waals surface area contributed by atoms with Gasteiger partial charge in [-0.1, -0.05) is 0 Å². The van der Waals surface area contributed by atoms with Crippen LogP contribution in [0.1, 0.15) is 43.4 Å². The fourth-order valence-electron chi connectivity index (χ4n) is 4.15. The smallest absolute Gasteiger partial charge is 0.161 e. The van der Waals surface area contributed by atoms with E-state index in [1.165, 1.54) is 11.1 Å². The van der Waals surface area contributed by atoms with Crippen molar-refractivity contribution in [2.45, 2.75) is 44.8 Å². The predicted molar refractivity (Wildman–Crippen MR) is 91.5 cm³/mol. The van der Waals surface area contributed by atoms with E-state index in [0.29, 0.717) is 19.4 Å². The van der Waals surface area contributed by atoms with Gasteiger partial charge in [0.25, 0.3) is 0 Å². The predicted octanol–water partition coefficient (Wildman–Crippen LogP) is 3.12. The highest BCUT2D eigenvalue weighted by Gasteiger charge is 2.38. The van der Waals surface area contributed by atoms with Crippen molar-refractivity contribution in [2.24, 2.45) is 5.92 Å². The zero-order valence-electron chi connectivity index (χ0n) is 14.6. The number of aliphatic hydroxyl groups is 1. The lowest BCUT2D eigenvalue weighted by atomic mass is 9.80. The Morgan fingerprint density at radius 2 is 2.17 bits per heavy atom. The van der Waals surface area contributed by atoms with Gasteiger partial charge in [-0.3, -0.25) is 9.29 Å². The SMILES string of the molecule is CCOc1cc2c(cc1OC)CCN1C[C@@H](CCC[19F])[C@H](O)C[C@H]21. The average molecular weight is 337 g/mol. The normalized spacial score (nSPS) is 26.6. The molecule has 1 aromatic rings. The van der Waals surface area contributed by atoms with Crippen molar-refractivity contribution in [3.8, 4) is 11.5 Å². The van der Waals surface area contributed by atoms with Crippen molar-refractivity contribution >= 4 is 0 Å². The van der Waals surface area contributed by atoms with E-state index in [2.05, 4.69) is 17.0 Å². The number of nitrogens with zero attached hydrogens (tertiary/aromatic N) is 1. The number of rotatable bonds is 6. The monoisotopic (exact) mass is 337 g/mol. The topological polar surface area (TPSA) is 41.9 Å². The van der Waals surface area contributed by atoms with Gasteiger partial charge in [0.05, 0.1) is 26.5 Å². The van der Waals surface area contributed by atoms with Gasteiger partial charge in [0.2, 0.25) is 0 Å². The summed E-state index contributed by atoms with van der Waals surface area (Å²) in [6, 6.07) is 4.39. The van der Waals surface area contributed by atoms with Crippen molar-refractivity contribution in [1.82, 2.24) is 4.90 Å². The second-order valence-corrected chi connectivity index (χ2v) is 6.79. The lowest BCUT2D eigenvalue weighted by Gasteiger charge is -2.46. The summed E-state index contributed by atoms with van der Waals surface area (Å²) >= 11 is 0. The Bertz CT molecular complexity index is 566. The van der Waals surface area contributed by atoms with Crippen LogP contribution in [0.2, 0.25) is 0 Å². The molecule has 5 heteroatoms. The molecule has 1 aromatic carbocycles. The molecular formula is C19H28FNO3. The van der Waals surface area contributed by atoms with Gasteiger partial charge in [-0.25, -0.2) is 0 Å². The first-order chi connectivity index (χ1) is 11.7. The summed E-state index contributed by atoms with van der Waals surface area (Å²) in [5.74, 6) is 1.74. The van der Waals surface area contributed by atoms with E-state index in [9.17, 15) is 9.50 Å². The lowest BCUT2D eigenvalue weighted by Crippen LogP contribution is -2.48. The van der Waals surface area contributed by atoms with Crippen LogP contribution in [-0.4, -0.2) is 49.6 Å². The summed E-state index contributed by atoms with van der Waals surface area (Å²) in [7, 11) is 1.67. The molecule has 4 nitrogen and oxygen atoms in total. The minimum absolute atomic E-state index is 0.183. The minimum atomic E-state index is -0.360. The van der Waals surface area contributed by atoms with Crippen LogP contribution >= 0.6 is 0 Å². The van der Waals surface area contributed by atoms with E-state index in [4.69, 9.17) is 9.47 Å². The van der Waals surface area contributed by atoms with Crippen LogP contribution in [-0.2, 0) is 6.42 Å². The van der Waals surface area contributed by atoms with E-state index in [0.717, 1.165) is 37.4 Å². The molecule has 0 amide bonds. The van der Waals surface area contributed by atoms with Gasteiger partial charge < -0.3 is 14.6 Å². The summed E-state index contributed by atoms with van der Waals surface area (Å²) < 4.78 is 23.7. The molecule has 24 heavy (non-hydrogen) atoms.